The van der Waals surface area contributed by atoms with Crippen LogP contribution in [-0.4, -0.2) is 26.7 Å². The van der Waals surface area contributed by atoms with Crippen molar-refractivity contribution in [2.24, 2.45) is 0 Å². The predicted molar refractivity (Wildman–Crippen MR) is 87.8 cm³/mol. The second-order valence-electron chi connectivity index (χ2n) is 5.74. The minimum atomic E-state index is 0.0348. The molecule has 1 aliphatic rings. The van der Waals surface area contributed by atoms with E-state index in [2.05, 4.69) is 23.1 Å². The van der Waals surface area contributed by atoms with E-state index >= 15 is 0 Å². The zero-order valence-electron chi connectivity index (χ0n) is 12.8. The third-order valence-electron chi connectivity index (χ3n) is 4.22. The van der Waals surface area contributed by atoms with Gasteiger partial charge in [0.15, 0.2) is 0 Å². The number of para-hydroxylation sites is 1. The molecule has 4 rings (SSSR count). The van der Waals surface area contributed by atoms with E-state index in [0.29, 0.717) is 5.56 Å². The fourth-order valence-corrected chi connectivity index (χ4v) is 3.11. The smallest absolute Gasteiger partial charge is 0.258 e. The van der Waals surface area contributed by atoms with Crippen LogP contribution in [0.4, 0.5) is 5.69 Å². The first-order valence-electron chi connectivity index (χ1n) is 7.60. The number of hydrogen-bond donors (Lipinski definition) is 0. The molecule has 0 bridgehead atoms. The lowest BCUT2D eigenvalue weighted by Crippen LogP contribution is -2.35. The first-order valence-corrected chi connectivity index (χ1v) is 7.60. The number of benzene rings is 2. The Morgan fingerprint density at radius 2 is 1.91 bits per heavy atom. The quantitative estimate of drug-likeness (QED) is 0.731. The van der Waals surface area contributed by atoms with Crippen LogP contribution in [0.5, 0.6) is 0 Å². The van der Waals surface area contributed by atoms with Crippen LogP contribution in [0.2, 0.25) is 0 Å². The molecule has 1 aromatic heterocycles. The molecule has 0 aliphatic carbocycles. The van der Waals surface area contributed by atoms with Crippen molar-refractivity contribution >= 4 is 11.6 Å². The van der Waals surface area contributed by atoms with Crippen LogP contribution in [0.15, 0.2) is 61.2 Å². The fourth-order valence-electron chi connectivity index (χ4n) is 3.11. The van der Waals surface area contributed by atoms with Gasteiger partial charge in [0.2, 0.25) is 0 Å². The lowest BCUT2D eigenvalue weighted by molar-refractivity contribution is 0.0981. The highest BCUT2D eigenvalue weighted by molar-refractivity contribution is 6.07. The highest BCUT2D eigenvalue weighted by Crippen LogP contribution is 2.33. The molecule has 23 heavy (non-hydrogen) atoms. The average Bonchev–Trinajstić information content (AvgIpc) is 3.21. The second kappa shape index (κ2) is 5.35. The van der Waals surface area contributed by atoms with Gasteiger partial charge in [0, 0.05) is 17.3 Å². The van der Waals surface area contributed by atoms with E-state index in [1.807, 2.05) is 47.4 Å². The zero-order chi connectivity index (χ0) is 15.8. The van der Waals surface area contributed by atoms with Crippen molar-refractivity contribution in [3.63, 3.8) is 0 Å². The van der Waals surface area contributed by atoms with Crippen LogP contribution in [-0.2, 0) is 6.42 Å². The first-order chi connectivity index (χ1) is 11.2. The number of fused-ring (bicyclic) bond motifs is 1. The van der Waals surface area contributed by atoms with Gasteiger partial charge in [-0.25, -0.2) is 9.67 Å². The SMILES string of the molecule is C[C@@H]1Cc2ccccc2N1C(=O)c1ccc(-n2cncn2)cc1. The Morgan fingerprint density at radius 3 is 2.65 bits per heavy atom. The molecule has 2 heterocycles. The molecule has 5 nitrogen and oxygen atoms in total. The summed E-state index contributed by atoms with van der Waals surface area (Å²) in [4.78, 5) is 18.7. The largest absolute Gasteiger partial charge is 0.305 e. The molecule has 0 radical (unpaired) electrons. The van der Waals surface area contributed by atoms with Crippen molar-refractivity contribution in [3.05, 3.63) is 72.3 Å². The third-order valence-corrected chi connectivity index (χ3v) is 4.22. The molecule has 0 N–H and O–H groups in total. The Morgan fingerprint density at radius 1 is 1.13 bits per heavy atom. The van der Waals surface area contributed by atoms with E-state index in [-0.39, 0.29) is 11.9 Å². The first kappa shape index (κ1) is 13.7. The molecule has 0 saturated heterocycles. The van der Waals surface area contributed by atoms with Crippen LogP contribution in [0, 0.1) is 0 Å². The van der Waals surface area contributed by atoms with Gasteiger partial charge in [-0.2, -0.15) is 5.10 Å². The van der Waals surface area contributed by atoms with Crippen LogP contribution in [0.3, 0.4) is 0 Å². The monoisotopic (exact) mass is 304 g/mol. The molecule has 0 fully saturated rings. The van der Waals surface area contributed by atoms with E-state index in [1.165, 1.54) is 11.9 Å². The summed E-state index contributed by atoms with van der Waals surface area (Å²) >= 11 is 0. The number of carbonyl (C=O) groups is 1. The summed E-state index contributed by atoms with van der Waals surface area (Å²) in [5.74, 6) is 0.0348. The fraction of sp³-hybridized carbons (Fsp3) is 0.167. The van der Waals surface area contributed by atoms with E-state index in [0.717, 1.165) is 17.8 Å². The lowest BCUT2D eigenvalue weighted by Gasteiger charge is -2.22. The van der Waals surface area contributed by atoms with E-state index in [1.54, 1.807) is 11.0 Å². The summed E-state index contributed by atoms with van der Waals surface area (Å²) in [5, 5.41) is 4.09. The van der Waals surface area contributed by atoms with Gasteiger partial charge in [0.1, 0.15) is 12.7 Å². The average molecular weight is 304 g/mol. The molecule has 3 aromatic rings. The molecule has 114 valence electrons. The van der Waals surface area contributed by atoms with Gasteiger partial charge >= 0.3 is 0 Å². The van der Waals surface area contributed by atoms with Crippen LogP contribution >= 0.6 is 0 Å². The third kappa shape index (κ3) is 2.30. The van der Waals surface area contributed by atoms with Gasteiger partial charge in [-0.15, -0.1) is 0 Å². The maximum atomic E-state index is 12.9. The normalized spacial score (nSPS) is 16.4. The minimum Gasteiger partial charge on any atom is -0.305 e. The highest BCUT2D eigenvalue weighted by atomic mass is 16.2. The summed E-state index contributed by atoms with van der Waals surface area (Å²) in [6.07, 6.45) is 4.02. The van der Waals surface area contributed by atoms with Crippen molar-refractivity contribution in [3.8, 4) is 5.69 Å². The Kier molecular flexibility index (Phi) is 3.19. The Labute approximate surface area is 134 Å². The summed E-state index contributed by atoms with van der Waals surface area (Å²) in [6.45, 7) is 2.08. The minimum absolute atomic E-state index is 0.0348. The van der Waals surface area contributed by atoms with Crippen LogP contribution in [0.1, 0.15) is 22.8 Å². The molecular weight excluding hydrogens is 288 g/mol. The molecule has 0 saturated carbocycles. The molecule has 0 spiro atoms. The summed E-state index contributed by atoms with van der Waals surface area (Å²) in [5.41, 5.74) is 3.81. The van der Waals surface area contributed by atoms with Crippen molar-refractivity contribution in [1.82, 2.24) is 14.8 Å². The maximum Gasteiger partial charge on any atom is 0.258 e. The van der Waals surface area contributed by atoms with Crippen molar-refractivity contribution < 1.29 is 4.79 Å². The van der Waals surface area contributed by atoms with Gasteiger partial charge in [0.25, 0.3) is 5.91 Å². The van der Waals surface area contributed by atoms with Gasteiger partial charge < -0.3 is 4.90 Å². The van der Waals surface area contributed by atoms with Gasteiger partial charge in [-0.3, -0.25) is 4.79 Å². The van der Waals surface area contributed by atoms with Crippen molar-refractivity contribution in [2.45, 2.75) is 19.4 Å². The molecular formula is C18H16N4O. The zero-order valence-corrected chi connectivity index (χ0v) is 12.8. The molecule has 1 amide bonds. The highest BCUT2D eigenvalue weighted by Gasteiger charge is 2.31. The number of rotatable bonds is 2. The Balaban J connectivity index is 1.65. The summed E-state index contributed by atoms with van der Waals surface area (Å²) in [7, 11) is 0. The second-order valence-corrected chi connectivity index (χ2v) is 5.74. The van der Waals surface area contributed by atoms with Crippen LogP contribution < -0.4 is 4.90 Å². The van der Waals surface area contributed by atoms with E-state index in [9.17, 15) is 4.79 Å². The van der Waals surface area contributed by atoms with Crippen LogP contribution in [0.25, 0.3) is 5.69 Å². The number of anilines is 1. The maximum absolute atomic E-state index is 12.9. The van der Waals surface area contributed by atoms with Gasteiger partial charge in [-0.1, -0.05) is 18.2 Å². The molecule has 0 unspecified atom stereocenters. The molecule has 1 atom stereocenters. The summed E-state index contributed by atoms with van der Waals surface area (Å²) in [6, 6.07) is 15.7. The Hall–Kier alpha value is -2.95. The molecule has 5 heteroatoms. The van der Waals surface area contributed by atoms with Crippen molar-refractivity contribution in [1.29, 1.82) is 0 Å². The van der Waals surface area contributed by atoms with Gasteiger partial charge in [0.05, 0.1) is 5.69 Å². The standard InChI is InChI=1S/C18H16N4O/c1-13-10-15-4-2-3-5-17(15)22(13)18(23)14-6-8-16(9-7-14)21-12-19-11-20-21/h2-9,11-13H,10H2,1H3/t13-/m1/s1. The number of hydrogen-bond acceptors (Lipinski definition) is 3. The lowest BCUT2D eigenvalue weighted by atomic mass is 10.1. The van der Waals surface area contributed by atoms with Gasteiger partial charge in [-0.05, 0) is 49.2 Å². The summed E-state index contributed by atoms with van der Waals surface area (Å²) < 4.78 is 1.67. The number of amides is 1. The Bertz CT molecular complexity index is 840. The topological polar surface area (TPSA) is 51.0 Å². The number of aromatic nitrogens is 3. The molecule has 2 aromatic carbocycles. The number of carbonyl (C=O) groups excluding carboxylic acids is 1. The number of nitrogens with zero attached hydrogens (tertiary/aromatic N) is 4. The van der Waals surface area contributed by atoms with E-state index in [4.69, 9.17) is 0 Å². The molecule has 1 aliphatic heterocycles. The van der Waals surface area contributed by atoms with E-state index < -0.39 is 0 Å². The van der Waals surface area contributed by atoms with Crippen molar-refractivity contribution in [2.75, 3.05) is 4.90 Å². The predicted octanol–water partition coefficient (Wildman–Crippen LogP) is 2.86.